The average Bonchev–Trinajstić information content (AvgIpc) is 2.14. The van der Waals surface area contributed by atoms with Crippen LogP contribution in [-0.4, -0.2) is 10.3 Å². The highest BCUT2D eigenvalue weighted by Crippen LogP contribution is 1.82. The lowest BCUT2D eigenvalue weighted by Crippen LogP contribution is -2.35. The summed E-state index contributed by atoms with van der Waals surface area (Å²) in [6, 6.07) is 0. The van der Waals surface area contributed by atoms with E-state index in [-0.39, 0.29) is 0 Å². The molecule has 1 rings (SSSR count). The van der Waals surface area contributed by atoms with Crippen LogP contribution >= 0.6 is 22.6 Å². The van der Waals surface area contributed by atoms with Crippen molar-refractivity contribution in [1.82, 2.24) is 16.5 Å². The van der Waals surface area contributed by atoms with Crippen LogP contribution in [0.4, 0.5) is 0 Å². The van der Waals surface area contributed by atoms with Crippen LogP contribution in [0.3, 0.4) is 0 Å². The van der Waals surface area contributed by atoms with Crippen LogP contribution in [0.1, 0.15) is 0 Å². The summed E-state index contributed by atoms with van der Waals surface area (Å²) >= 11 is 2.22. The van der Waals surface area contributed by atoms with Crippen molar-refractivity contribution >= 4 is 28.4 Å². The number of hydrazine groups is 2. The number of rotatable bonds is 1. The number of hydrogen-bond donors (Lipinski definition) is 3. The van der Waals surface area contributed by atoms with E-state index >= 15 is 0 Å². The van der Waals surface area contributed by atoms with Crippen molar-refractivity contribution in [2.45, 2.75) is 0 Å². The van der Waals surface area contributed by atoms with Gasteiger partial charge >= 0.3 is 0 Å². The molecule has 1 aliphatic heterocycles. The lowest BCUT2D eigenvalue weighted by Gasteiger charge is -1.90. The minimum Gasteiger partial charge on any atom is -0.288 e. The van der Waals surface area contributed by atoms with Gasteiger partial charge in [0.2, 0.25) is 0 Å². The molecule has 0 atom stereocenters. The minimum absolute atomic E-state index is 0.901. The summed E-state index contributed by atoms with van der Waals surface area (Å²) in [4.78, 5) is 0. The first-order valence-corrected chi connectivity index (χ1v) is 3.34. The molecule has 1 aliphatic rings. The van der Waals surface area contributed by atoms with Crippen LogP contribution in [0.15, 0.2) is 5.10 Å². The maximum atomic E-state index is 3.79. The lowest BCUT2D eigenvalue weighted by molar-refractivity contribution is 0.577. The maximum absolute atomic E-state index is 3.79. The molecule has 3 N–H and O–H groups in total. The fourth-order valence-electron chi connectivity index (χ4n) is 0.287. The second kappa shape index (κ2) is 2.31. The molecule has 0 saturated heterocycles. The first-order chi connectivity index (χ1) is 3.43. The van der Waals surface area contributed by atoms with Crippen molar-refractivity contribution in [3.63, 3.8) is 0 Å². The Morgan fingerprint density at radius 1 is 1.71 bits per heavy atom. The van der Waals surface area contributed by atoms with Gasteiger partial charge in [0.15, 0.2) is 0 Å². The van der Waals surface area contributed by atoms with Crippen molar-refractivity contribution in [3.8, 4) is 0 Å². The van der Waals surface area contributed by atoms with Gasteiger partial charge in [0.1, 0.15) is 5.84 Å². The molecular weight excluding hydrogens is 207 g/mol. The van der Waals surface area contributed by atoms with E-state index in [0.29, 0.717) is 0 Å². The fraction of sp³-hybridized carbons (Fsp3) is 0.500. The monoisotopic (exact) mass is 212 g/mol. The number of amidine groups is 1. The molecule has 0 fully saturated rings. The smallest absolute Gasteiger partial charge is 0.149 e. The Morgan fingerprint density at radius 3 is 2.86 bits per heavy atom. The second-order valence-corrected chi connectivity index (χ2v) is 1.82. The van der Waals surface area contributed by atoms with E-state index < -0.39 is 0 Å². The Balaban J connectivity index is 2.36. The molecule has 7 heavy (non-hydrogen) atoms. The normalized spacial score (nSPS) is 17.6. The van der Waals surface area contributed by atoms with Crippen molar-refractivity contribution in [2.75, 3.05) is 4.43 Å². The number of halogens is 1. The molecule has 0 aliphatic carbocycles. The molecular formula is C2H5IN4. The fourth-order valence-corrected chi connectivity index (χ4v) is 0.648. The van der Waals surface area contributed by atoms with Gasteiger partial charge in [0.05, 0.1) is 4.43 Å². The molecule has 5 heteroatoms. The van der Waals surface area contributed by atoms with Gasteiger partial charge in [-0.15, -0.1) is 10.6 Å². The summed E-state index contributed by atoms with van der Waals surface area (Å²) in [5.74, 6) is 0.931. The van der Waals surface area contributed by atoms with Crippen LogP contribution in [0, 0.1) is 0 Å². The summed E-state index contributed by atoms with van der Waals surface area (Å²) in [6.45, 7) is 0. The summed E-state index contributed by atoms with van der Waals surface area (Å²) < 4.78 is 0.901. The van der Waals surface area contributed by atoms with Gasteiger partial charge < -0.3 is 0 Å². The number of alkyl halides is 1. The second-order valence-electron chi connectivity index (χ2n) is 1.05. The topological polar surface area (TPSA) is 48.5 Å². The van der Waals surface area contributed by atoms with Crippen LogP contribution in [0.25, 0.3) is 0 Å². The quantitative estimate of drug-likeness (QED) is 0.399. The van der Waals surface area contributed by atoms with E-state index in [1.54, 1.807) is 0 Å². The van der Waals surface area contributed by atoms with Crippen LogP contribution in [-0.2, 0) is 0 Å². The summed E-state index contributed by atoms with van der Waals surface area (Å²) in [5, 5.41) is 3.79. The number of nitrogens with zero attached hydrogens (tertiary/aromatic N) is 1. The zero-order valence-electron chi connectivity index (χ0n) is 3.53. The number of hydrazone groups is 1. The highest BCUT2D eigenvalue weighted by atomic mass is 127. The van der Waals surface area contributed by atoms with Crippen LogP contribution < -0.4 is 16.5 Å². The van der Waals surface area contributed by atoms with Gasteiger partial charge in [-0.05, 0) is 0 Å². The first-order valence-electron chi connectivity index (χ1n) is 1.82. The van der Waals surface area contributed by atoms with E-state index in [2.05, 4.69) is 44.2 Å². The average molecular weight is 212 g/mol. The zero-order chi connectivity index (χ0) is 5.11. The van der Waals surface area contributed by atoms with Crippen molar-refractivity contribution in [2.24, 2.45) is 5.10 Å². The van der Waals surface area contributed by atoms with Crippen LogP contribution in [0.5, 0.6) is 0 Å². The van der Waals surface area contributed by atoms with Gasteiger partial charge in [-0.1, -0.05) is 22.6 Å². The van der Waals surface area contributed by atoms with Gasteiger partial charge in [0.25, 0.3) is 0 Å². The summed E-state index contributed by atoms with van der Waals surface area (Å²) in [7, 11) is 0. The van der Waals surface area contributed by atoms with E-state index in [9.17, 15) is 0 Å². The molecule has 0 radical (unpaired) electrons. The van der Waals surface area contributed by atoms with Gasteiger partial charge in [-0.3, -0.25) is 5.43 Å². The lowest BCUT2D eigenvalue weighted by atomic mass is 10.7. The highest BCUT2D eigenvalue weighted by Gasteiger charge is 1.97. The van der Waals surface area contributed by atoms with Gasteiger partial charge in [-0.25, -0.2) is 5.53 Å². The molecule has 0 bridgehead atoms. The molecule has 40 valence electrons. The van der Waals surface area contributed by atoms with Crippen LogP contribution in [0.2, 0.25) is 0 Å². The molecule has 0 spiro atoms. The van der Waals surface area contributed by atoms with Crippen molar-refractivity contribution < 1.29 is 0 Å². The molecule has 0 aromatic heterocycles. The Morgan fingerprint density at radius 2 is 2.57 bits per heavy atom. The SMILES string of the molecule is ICC1=NNNN1. The first kappa shape index (κ1) is 5.10. The standard InChI is InChI=1S/C2H5IN4/c3-1-2-4-6-7-5-2/h6-7H,1H2,(H,4,5). The molecule has 0 saturated carbocycles. The highest BCUT2D eigenvalue weighted by molar-refractivity contribution is 14.1. The number of hydrogen-bond acceptors (Lipinski definition) is 4. The van der Waals surface area contributed by atoms with Gasteiger partial charge in [0, 0.05) is 0 Å². The van der Waals surface area contributed by atoms with E-state index in [4.69, 9.17) is 0 Å². The maximum Gasteiger partial charge on any atom is 0.149 e. The van der Waals surface area contributed by atoms with E-state index in [1.165, 1.54) is 0 Å². The minimum atomic E-state index is 0.901. The Labute approximate surface area is 54.8 Å². The number of nitrogens with one attached hydrogen (secondary N) is 3. The Kier molecular flexibility index (Phi) is 1.69. The summed E-state index contributed by atoms with van der Waals surface area (Å²) in [6.07, 6.45) is 0. The molecule has 0 aromatic rings. The molecule has 0 aromatic carbocycles. The predicted molar refractivity (Wildman–Crippen MR) is 35.7 cm³/mol. The van der Waals surface area contributed by atoms with E-state index in [0.717, 1.165) is 10.3 Å². The molecule has 4 nitrogen and oxygen atoms in total. The van der Waals surface area contributed by atoms with Crippen molar-refractivity contribution in [3.05, 3.63) is 0 Å². The molecule has 0 amide bonds. The third-order valence-corrected chi connectivity index (χ3v) is 1.30. The van der Waals surface area contributed by atoms with Gasteiger partial charge in [-0.2, -0.15) is 0 Å². The summed E-state index contributed by atoms with van der Waals surface area (Å²) in [5.41, 5.74) is 7.95. The third-order valence-electron chi connectivity index (χ3n) is 0.580. The van der Waals surface area contributed by atoms with Crippen molar-refractivity contribution in [1.29, 1.82) is 0 Å². The third kappa shape index (κ3) is 1.16. The zero-order valence-corrected chi connectivity index (χ0v) is 5.69. The molecule has 1 heterocycles. The predicted octanol–water partition coefficient (Wildman–Crippen LogP) is -0.653. The van der Waals surface area contributed by atoms with E-state index in [1.807, 2.05) is 0 Å². The largest absolute Gasteiger partial charge is 0.288 e. The molecule has 0 unspecified atom stereocenters. The Hall–Kier alpha value is -0.0400. The Bertz CT molecular complexity index is 89.7.